The molecule has 72 valence electrons. The van der Waals surface area contributed by atoms with Crippen LogP contribution in [0, 0.1) is 11.6 Å². The van der Waals surface area contributed by atoms with Gasteiger partial charge in [-0.2, -0.15) is 0 Å². The van der Waals surface area contributed by atoms with Crippen molar-refractivity contribution in [3.63, 3.8) is 0 Å². The predicted octanol–water partition coefficient (Wildman–Crippen LogP) is 1.94. The van der Waals surface area contributed by atoms with Crippen LogP contribution in [-0.2, 0) is 0 Å². The molecule has 0 atom stereocenters. The number of aromatic amines is 1. The first kappa shape index (κ1) is 8.68. The number of H-pyrrole nitrogens is 1. The van der Waals surface area contributed by atoms with E-state index in [0.29, 0.717) is 0 Å². The zero-order chi connectivity index (χ0) is 10.1. The minimum absolute atomic E-state index is 0.0347. The molecule has 0 amide bonds. The number of nitrogens with zero attached hydrogens (tertiary/aromatic N) is 1. The van der Waals surface area contributed by atoms with Gasteiger partial charge in [0.1, 0.15) is 11.6 Å². The van der Waals surface area contributed by atoms with Crippen LogP contribution < -0.4 is 5.73 Å². The van der Waals surface area contributed by atoms with Crippen LogP contribution >= 0.6 is 0 Å². The van der Waals surface area contributed by atoms with Crippen LogP contribution in [0.25, 0.3) is 11.4 Å². The molecule has 3 nitrogen and oxygen atoms in total. The van der Waals surface area contributed by atoms with Crippen molar-refractivity contribution in [3.05, 3.63) is 36.2 Å². The Morgan fingerprint density at radius 1 is 1.29 bits per heavy atom. The van der Waals surface area contributed by atoms with Crippen molar-refractivity contribution in [2.24, 2.45) is 0 Å². The highest BCUT2D eigenvalue weighted by Gasteiger charge is 2.11. The van der Waals surface area contributed by atoms with Crippen molar-refractivity contribution in [2.75, 3.05) is 5.73 Å². The molecule has 0 radical (unpaired) electrons. The number of nitrogens with two attached hydrogens (primary N) is 1. The van der Waals surface area contributed by atoms with Crippen LogP contribution in [0.5, 0.6) is 0 Å². The molecule has 0 unspecified atom stereocenters. The van der Waals surface area contributed by atoms with Crippen LogP contribution in [0.2, 0.25) is 0 Å². The van der Waals surface area contributed by atoms with Gasteiger partial charge in [-0.3, -0.25) is 0 Å². The van der Waals surface area contributed by atoms with Gasteiger partial charge >= 0.3 is 0 Å². The topological polar surface area (TPSA) is 54.7 Å². The van der Waals surface area contributed by atoms with E-state index in [9.17, 15) is 8.78 Å². The van der Waals surface area contributed by atoms with Gasteiger partial charge in [-0.15, -0.1) is 0 Å². The maximum atomic E-state index is 13.4. The molecular weight excluding hydrogens is 188 g/mol. The number of benzene rings is 1. The lowest BCUT2D eigenvalue weighted by atomic mass is 10.1. The lowest BCUT2D eigenvalue weighted by Crippen LogP contribution is -1.96. The molecule has 0 aliphatic carbocycles. The zero-order valence-electron chi connectivity index (χ0n) is 7.09. The van der Waals surface area contributed by atoms with E-state index in [1.807, 2.05) is 0 Å². The number of hydrogen-bond acceptors (Lipinski definition) is 2. The number of hydrogen-bond donors (Lipinski definition) is 2. The number of nitrogens with one attached hydrogen (secondary N) is 1. The summed E-state index contributed by atoms with van der Waals surface area (Å²) in [6.45, 7) is 0. The lowest BCUT2D eigenvalue weighted by Gasteiger charge is -2.02. The fraction of sp³-hybridized carbons (Fsp3) is 0. The highest BCUT2D eigenvalue weighted by atomic mass is 19.1. The summed E-state index contributed by atoms with van der Waals surface area (Å²) in [4.78, 5) is 6.49. The SMILES string of the molecule is Nc1cc(F)cc(-c2ncc[nH]2)c1F. The Morgan fingerprint density at radius 3 is 2.71 bits per heavy atom. The molecule has 0 aliphatic rings. The summed E-state index contributed by atoms with van der Waals surface area (Å²) in [5, 5.41) is 0. The van der Waals surface area contributed by atoms with Gasteiger partial charge < -0.3 is 10.7 Å². The lowest BCUT2D eigenvalue weighted by molar-refractivity contribution is 0.606. The van der Waals surface area contributed by atoms with Crippen molar-refractivity contribution in [1.29, 1.82) is 0 Å². The van der Waals surface area contributed by atoms with Crippen molar-refractivity contribution < 1.29 is 8.78 Å². The molecule has 5 heteroatoms. The number of rotatable bonds is 1. The Bertz CT molecular complexity index is 451. The Kier molecular flexibility index (Phi) is 1.92. The van der Waals surface area contributed by atoms with Crippen molar-refractivity contribution in [1.82, 2.24) is 9.97 Å². The van der Waals surface area contributed by atoms with E-state index in [2.05, 4.69) is 9.97 Å². The number of nitrogen functional groups attached to an aromatic ring is 1. The van der Waals surface area contributed by atoms with E-state index in [1.54, 1.807) is 0 Å². The molecule has 0 saturated carbocycles. The van der Waals surface area contributed by atoms with Crippen LogP contribution in [-0.4, -0.2) is 9.97 Å². The number of aromatic nitrogens is 2. The van der Waals surface area contributed by atoms with E-state index < -0.39 is 11.6 Å². The second-order valence-corrected chi connectivity index (χ2v) is 2.79. The first-order valence-corrected chi connectivity index (χ1v) is 3.93. The van der Waals surface area contributed by atoms with E-state index in [0.717, 1.165) is 12.1 Å². The number of anilines is 1. The Balaban J connectivity index is 2.64. The quantitative estimate of drug-likeness (QED) is 0.683. The summed E-state index contributed by atoms with van der Waals surface area (Å²) < 4.78 is 26.3. The average molecular weight is 195 g/mol. The van der Waals surface area contributed by atoms with Gasteiger partial charge in [0, 0.05) is 12.4 Å². The van der Waals surface area contributed by atoms with Gasteiger partial charge in [0.25, 0.3) is 0 Å². The summed E-state index contributed by atoms with van der Waals surface area (Å²) in [7, 11) is 0. The minimum atomic E-state index is -0.665. The van der Waals surface area contributed by atoms with Crippen LogP contribution in [0.1, 0.15) is 0 Å². The van der Waals surface area contributed by atoms with Gasteiger partial charge in [-0.05, 0) is 12.1 Å². The van der Waals surface area contributed by atoms with E-state index in [-0.39, 0.29) is 17.1 Å². The molecule has 3 N–H and O–H groups in total. The van der Waals surface area contributed by atoms with Gasteiger partial charge in [0.05, 0.1) is 11.3 Å². The summed E-state index contributed by atoms with van der Waals surface area (Å²) in [6, 6.07) is 1.98. The van der Waals surface area contributed by atoms with E-state index in [1.165, 1.54) is 12.4 Å². The molecule has 1 aromatic heterocycles. The van der Waals surface area contributed by atoms with Crippen LogP contribution in [0.4, 0.5) is 14.5 Å². The molecule has 0 spiro atoms. The second kappa shape index (κ2) is 3.10. The minimum Gasteiger partial charge on any atom is -0.396 e. The Hall–Kier alpha value is -1.91. The molecule has 14 heavy (non-hydrogen) atoms. The van der Waals surface area contributed by atoms with Crippen LogP contribution in [0.3, 0.4) is 0 Å². The highest BCUT2D eigenvalue weighted by Crippen LogP contribution is 2.24. The van der Waals surface area contributed by atoms with Crippen molar-refractivity contribution in [3.8, 4) is 11.4 Å². The molecule has 0 bridgehead atoms. The van der Waals surface area contributed by atoms with Gasteiger partial charge in [-0.1, -0.05) is 0 Å². The molecule has 0 fully saturated rings. The zero-order valence-corrected chi connectivity index (χ0v) is 7.09. The monoisotopic (exact) mass is 195 g/mol. The fourth-order valence-electron chi connectivity index (χ4n) is 1.20. The van der Waals surface area contributed by atoms with Gasteiger partial charge in [0.2, 0.25) is 0 Å². The van der Waals surface area contributed by atoms with E-state index in [4.69, 9.17) is 5.73 Å². The maximum Gasteiger partial charge on any atom is 0.157 e. The van der Waals surface area contributed by atoms with Gasteiger partial charge in [-0.25, -0.2) is 13.8 Å². The normalized spacial score (nSPS) is 10.4. The Labute approximate surface area is 78.6 Å². The number of halogens is 2. The third-order valence-electron chi connectivity index (χ3n) is 1.82. The maximum absolute atomic E-state index is 13.4. The first-order valence-electron chi connectivity index (χ1n) is 3.93. The molecular formula is C9H7F2N3. The third kappa shape index (κ3) is 1.32. The summed E-state index contributed by atoms with van der Waals surface area (Å²) >= 11 is 0. The molecule has 0 saturated heterocycles. The largest absolute Gasteiger partial charge is 0.396 e. The smallest absolute Gasteiger partial charge is 0.157 e. The molecule has 1 heterocycles. The summed E-state index contributed by atoms with van der Waals surface area (Å²) in [6.07, 6.45) is 2.98. The Morgan fingerprint density at radius 2 is 2.07 bits per heavy atom. The molecule has 1 aromatic carbocycles. The average Bonchev–Trinajstić information content (AvgIpc) is 2.63. The van der Waals surface area contributed by atoms with Gasteiger partial charge in [0.15, 0.2) is 5.82 Å². The van der Waals surface area contributed by atoms with Crippen molar-refractivity contribution in [2.45, 2.75) is 0 Å². The van der Waals surface area contributed by atoms with Crippen molar-refractivity contribution >= 4 is 5.69 Å². The standard InChI is InChI=1S/C9H7F2N3/c10-5-3-6(8(11)7(12)4-5)9-13-1-2-14-9/h1-4H,12H2,(H,13,14). The molecule has 2 aromatic rings. The van der Waals surface area contributed by atoms with Crippen LogP contribution in [0.15, 0.2) is 24.5 Å². The molecule has 0 aliphatic heterocycles. The van der Waals surface area contributed by atoms with E-state index >= 15 is 0 Å². The highest BCUT2D eigenvalue weighted by molar-refractivity contribution is 5.62. The fourth-order valence-corrected chi connectivity index (χ4v) is 1.20. The third-order valence-corrected chi connectivity index (χ3v) is 1.82. The second-order valence-electron chi connectivity index (χ2n) is 2.79. The first-order chi connectivity index (χ1) is 6.68. The summed E-state index contributed by atoms with van der Waals surface area (Å²) in [5.74, 6) is -0.995. The molecule has 2 rings (SSSR count). The summed E-state index contributed by atoms with van der Waals surface area (Å²) in [5.41, 5.74) is 5.08. The number of imidazole rings is 1. The predicted molar refractivity (Wildman–Crippen MR) is 48.4 cm³/mol.